The minimum atomic E-state index is 1.11. The van der Waals surface area contributed by atoms with Crippen LogP contribution in [-0.2, 0) is 0 Å². The summed E-state index contributed by atoms with van der Waals surface area (Å²) < 4.78 is 0. The van der Waals surface area contributed by atoms with Gasteiger partial charge in [0.2, 0.25) is 0 Å². The molecule has 0 heterocycles. The molecule has 0 saturated carbocycles. The van der Waals surface area contributed by atoms with Crippen LogP contribution in [0.4, 0.5) is 17.1 Å². The molecule has 0 fully saturated rings. The molecule has 0 amide bonds. The van der Waals surface area contributed by atoms with Gasteiger partial charge in [-0.3, -0.25) is 0 Å². The third kappa shape index (κ3) is 5.15. The fourth-order valence-corrected chi connectivity index (χ4v) is 6.42. The van der Waals surface area contributed by atoms with E-state index in [9.17, 15) is 0 Å². The first-order valence-electron chi connectivity index (χ1n) is 15.4. The first-order valence-corrected chi connectivity index (χ1v) is 15.4. The second kappa shape index (κ2) is 11.6. The van der Waals surface area contributed by atoms with E-state index in [2.05, 4.69) is 193 Å². The Bertz CT molecular complexity index is 2080. The minimum absolute atomic E-state index is 1.11. The molecular formula is C44H31N. The summed E-state index contributed by atoms with van der Waals surface area (Å²) in [4.78, 5) is 2.34. The van der Waals surface area contributed by atoms with Crippen molar-refractivity contribution in [3.8, 4) is 33.4 Å². The number of nitrogens with zero attached hydrogens (tertiary/aromatic N) is 1. The topological polar surface area (TPSA) is 3.24 Å². The van der Waals surface area contributed by atoms with Gasteiger partial charge in [-0.15, -0.1) is 0 Å². The van der Waals surface area contributed by atoms with E-state index in [0.717, 1.165) is 17.1 Å². The quantitative estimate of drug-likeness (QED) is 0.179. The number of hydrogen-bond donors (Lipinski definition) is 0. The summed E-state index contributed by atoms with van der Waals surface area (Å²) >= 11 is 0. The average Bonchev–Trinajstić information content (AvgIpc) is 3.12. The Morgan fingerprint density at radius 2 is 0.600 bits per heavy atom. The Hall–Kier alpha value is -5.92. The van der Waals surface area contributed by atoms with E-state index >= 15 is 0 Å². The van der Waals surface area contributed by atoms with E-state index in [4.69, 9.17) is 0 Å². The number of hydrogen-bond acceptors (Lipinski definition) is 1. The van der Waals surface area contributed by atoms with E-state index in [1.165, 1.54) is 54.9 Å². The number of fused-ring (bicyclic) bond motifs is 2. The third-order valence-electron chi connectivity index (χ3n) is 8.65. The van der Waals surface area contributed by atoms with Crippen LogP contribution in [0, 0.1) is 0 Å². The molecule has 0 saturated heterocycles. The van der Waals surface area contributed by atoms with Crippen LogP contribution in [0.1, 0.15) is 0 Å². The molecule has 8 aromatic rings. The lowest BCUT2D eigenvalue weighted by Gasteiger charge is -2.26. The van der Waals surface area contributed by atoms with Crippen molar-refractivity contribution in [2.24, 2.45) is 0 Å². The van der Waals surface area contributed by atoms with Crippen LogP contribution < -0.4 is 4.90 Å². The summed E-state index contributed by atoms with van der Waals surface area (Å²) in [6.07, 6.45) is 0. The maximum atomic E-state index is 2.34. The monoisotopic (exact) mass is 573 g/mol. The van der Waals surface area contributed by atoms with Gasteiger partial charge in [-0.2, -0.15) is 0 Å². The van der Waals surface area contributed by atoms with E-state index in [1.54, 1.807) is 0 Å². The zero-order chi connectivity index (χ0) is 30.0. The zero-order valence-corrected chi connectivity index (χ0v) is 24.8. The molecular weight excluding hydrogens is 542 g/mol. The van der Waals surface area contributed by atoms with Gasteiger partial charge in [0.1, 0.15) is 0 Å². The van der Waals surface area contributed by atoms with Crippen LogP contribution in [0.5, 0.6) is 0 Å². The van der Waals surface area contributed by atoms with Gasteiger partial charge in [0, 0.05) is 17.1 Å². The van der Waals surface area contributed by atoms with Gasteiger partial charge in [0.15, 0.2) is 0 Å². The first-order chi connectivity index (χ1) is 22.3. The van der Waals surface area contributed by atoms with Crippen molar-refractivity contribution in [2.75, 3.05) is 4.90 Å². The maximum Gasteiger partial charge on any atom is 0.0462 e. The van der Waals surface area contributed by atoms with Gasteiger partial charge in [0.25, 0.3) is 0 Å². The summed E-state index contributed by atoms with van der Waals surface area (Å²) in [5, 5.41) is 5.06. The highest BCUT2D eigenvalue weighted by Gasteiger charge is 2.15. The van der Waals surface area contributed by atoms with Crippen LogP contribution in [0.2, 0.25) is 0 Å². The van der Waals surface area contributed by atoms with Crippen molar-refractivity contribution < 1.29 is 0 Å². The molecule has 0 aliphatic carbocycles. The molecule has 212 valence electrons. The van der Waals surface area contributed by atoms with Crippen molar-refractivity contribution in [1.82, 2.24) is 0 Å². The molecule has 0 aromatic heterocycles. The van der Waals surface area contributed by atoms with Crippen LogP contribution in [0.25, 0.3) is 54.9 Å². The molecule has 0 bridgehead atoms. The number of anilines is 3. The van der Waals surface area contributed by atoms with E-state index < -0.39 is 0 Å². The highest BCUT2D eigenvalue weighted by molar-refractivity contribution is 6.12. The SMILES string of the molecule is c1ccc(-c2ccc(N(c3ccc(-c4ccccc4)cc3)c3ccc(-c4c5ccccc5cc5ccccc45)cc3)cc2)cc1. The van der Waals surface area contributed by atoms with Gasteiger partial charge < -0.3 is 4.90 Å². The predicted octanol–water partition coefficient (Wildman–Crippen LogP) is 12.5. The van der Waals surface area contributed by atoms with Crippen molar-refractivity contribution in [3.63, 3.8) is 0 Å². The van der Waals surface area contributed by atoms with E-state index in [-0.39, 0.29) is 0 Å². The molecule has 0 aliphatic heterocycles. The summed E-state index contributed by atoms with van der Waals surface area (Å²) in [7, 11) is 0. The first kappa shape index (κ1) is 26.7. The van der Waals surface area contributed by atoms with Gasteiger partial charge >= 0.3 is 0 Å². The van der Waals surface area contributed by atoms with Crippen LogP contribution in [0.15, 0.2) is 188 Å². The smallest absolute Gasteiger partial charge is 0.0462 e. The van der Waals surface area contributed by atoms with Gasteiger partial charge in [-0.05, 0) is 97.4 Å². The average molecular weight is 574 g/mol. The second-order valence-electron chi connectivity index (χ2n) is 11.4. The minimum Gasteiger partial charge on any atom is -0.311 e. The van der Waals surface area contributed by atoms with Crippen LogP contribution in [0.3, 0.4) is 0 Å². The molecule has 1 heteroatoms. The van der Waals surface area contributed by atoms with Crippen molar-refractivity contribution in [2.45, 2.75) is 0 Å². The molecule has 0 spiro atoms. The van der Waals surface area contributed by atoms with Crippen LogP contribution >= 0.6 is 0 Å². The largest absolute Gasteiger partial charge is 0.311 e. The summed E-state index contributed by atoms with van der Waals surface area (Å²) in [5.74, 6) is 0. The lowest BCUT2D eigenvalue weighted by Crippen LogP contribution is -2.09. The van der Waals surface area contributed by atoms with Gasteiger partial charge in [-0.1, -0.05) is 146 Å². The zero-order valence-electron chi connectivity index (χ0n) is 24.8. The molecule has 0 radical (unpaired) electrons. The maximum absolute atomic E-state index is 2.34. The molecule has 0 N–H and O–H groups in total. The van der Waals surface area contributed by atoms with E-state index in [0.29, 0.717) is 0 Å². The fourth-order valence-electron chi connectivity index (χ4n) is 6.42. The number of benzene rings is 8. The standard InChI is InChI=1S/C44H31N/c1-3-11-32(12-4-1)34-19-25-39(26-20-34)45(40-27-21-35(22-28-40)33-13-5-2-6-14-33)41-29-23-36(24-30-41)44-42-17-9-7-15-37(42)31-38-16-8-10-18-43(38)44/h1-31H. The summed E-state index contributed by atoms with van der Waals surface area (Å²) in [6.45, 7) is 0. The van der Waals surface area contributed by atoms with Crippen molar-refractivity contribution >= 4 is 38.6 Å². The van der Waals surface area contributed by atoms with Gasteiger partial charge in [-0.25, -0.2) is 0 Å². The van der Waals surface area contributed by atoms with Crippen molar-refractivity contribution in [3.05, 3.63) is 188 Å². The molecule has 1 nitrogen and oxygen atoms in total. The Morgan fingerprint density at radius 3 is 1.02 bits per heavy atom. The molecule has 8 aromatic carbocycles. The Balaban J connectivity index is 1.23. The van der Waals surface area contributed by atoms with Crippen LogP contribution in [-0.4, -0.2) is 0 Å². The summed E-state index contributed by atoms with van der Waals surface area (Å²) in [6, 6.07) is 67.6. The Kier molecular flexibility index (Phi) is 6.90. The molecule has 45 heavy (non-hydrogen) atoms. The third-order valence-corrected chi connectivity index (χ3v) is 8.65. The van der Waals surface area contributed by atoms with Crippen molar-refractivity contribution in [1.29, 1.82) is 0 Å². The normalized spacial score (nSPS) is 11.1. The Morgan fingerprint density at radius 1 is 0.267 bits per heavy atom. The van der Waals surface area contributed by atoms with Gasteiger partial charge in [0.05, 0.1) is 0 Å². The fraction of sp³-hybridized carbons (Fsp3) is 0. The second-order valence-corrected chi connectivity index (χ2v) is 11.4. The predicted molar refractivity (Wildman–Crippen MR) is 192 cm³/mol. The summed E-state index contributed by atoms with van der Waals surface area (Å²) in [5.41, 5.74) is 10.7. The molecule has 0 aliphatic rings. The molecule has 0 atom stereocenters. The Labute approximate surface area is 264 Å². The molecule has 0 unspecified atom stereocenters. The lowest BCUT2D eigenvalue weighted by molar-refractivity contribution is 1.28. The lowest BCUT2D eigenvalue weighted by atomic mass is 9.92. The van der Waals surface area contributed by atoms with E-state index in [1.807, 2.05) is 0 Å². The molecule has 8 rings (SSSR count). The highest BCUT2D eigenvalue weighted by Crippen LogP contribution is 2.40. The highest BCUT2D eigenvalue weighted by atomic mass is 15.1. The number of rotatable bonds is 6.